The summed E-state index contributed by atoms with van der Waals surface area (Å²) in [6.07, 6.45) is 2.98. The molecule has 0 bridgehead atoms. The molecule has 2 aliphatic rings. The van der Waals surface area contributed by atoms with Crippen LogP contribution in [0.15, 0.2) is 41.1 Å². The molecular formula is C21H19Cl2N5. The molecule has 28 heavy (non-hydrogen) atoms. The van der Waals surface area contributed by atoms with Crippen molar-refractivity contribution in [3.63, 3.8) is 0 Å². The SMILES string of the molecule is CCCN1CC=C2C(C#N)=C(N)C(C#N)(C#N)[C@@H](c3ccc(Cl)c(Cl)c3)[C@H]2C1. The lowest BCUT2D eigenvalue weighted by molar-refractivity contribution is 0.207. The minimum atomic E-state index is -1.65. The average molecular weight is 412 g/mol. The van der Waals surface area contributed by atoms with E-state index >= 15 is 0 Å². The number of allylic oxidation sites excluding steroid dienone is 2. The van der Waals surface area contributed by atoms with Crippen LogP contribution < -0.4 is 5.73 Å². The van der Waals surface area contributed by atoms with Gasteiger partial charge in [-0.2, -0.15) is 15.8 Å². The molecule has 0 radical (unpaired) electrons. The third-order valence-corrected chi connectivity index (χ3v) is 6.32. The summed E-state index contributed by atoms with van der Waals surface area (Å²) in [5.41, 5.74) is 6.42. The van der Waals surface area contributed by atoms with E-state index in [1.165, 1.54) is 0 Å². The van der Waals surface area contributed by atoms with Crippen LogP contribution in [0.4, 0.5) is 0 Å². The Morgan fingerprint density at radius 2 is 1.93 bits per heavy atom. The van der Waals surface area contributed by atoms with Gasteiger partial charge in [-0.25, -0.2) is 0 Å². The molecule has 1 aliphatic carbocycles. The summed E-state index contributed by atoms with van der Waals surface area (Å²) in [6, 6.07) is 11.5. The Morgan fingerprint density at radius 3 is 2.50 bits per heavy atom. The van der Waals surface area contributed by atoms with Crippen molar-refractivity contribution in [2.45, 2.75) is 19.3 Å². The van der Waals surface area contributed by atoms with E-state index in [0.29, 0.717) is 28.7 Å². The first-order valence-electron chi connectivity index (χ1n) is 9.04. The molecule has 142 valence electrons. The fourth-order valence-corrected chi connectivity index (χ4v) is 4.63. The highest BCUT2D eigenvalue weighted by Crippen LogP contribution is 2.54. The zero-order chi connectivity index (χ0) is 20.5. The first kappa shape index (κ1) is 20.2. The van der Waals surface area contributed by atoms with Crippen molar-refractivity contribution < 1.29 is 0 Å². The number of rotatable bonds is 3. The Bertz CT molecular complexity index is 976. The first-order valence-corrected chi connectivity index (χ1v) is 9.79. The maximum absolute atomic E-state index is 10.1. The molecule has 1 aromatic carbocycles. The second kappa shape index (κ2) is 7.86. The van der Waals surface area contributed by atoms with E-state index < -0.39 is 11.3 Å². The number of fused-ring (bicyclic) bond motifs is 1. The van der Waals surface area contributed by atoms with Crippen molar-refractivity contribution in [2.24, 2.45) is 17.1 Å². The summed E-state index contributed by atoms with van der Waals surface area (Å²) in [6.45, 7) is 4.33. The Morgan fingerprint density at radius 1 is 1.21 bits per heavy atom. The molecule has 1 aromatic rings. The molecule has 0 saturated carbocycles. The summed E-state index contributed by atoms with van der Waals surface area (Å²) >= 11 is 12.3. The van der Waals surface area contributed by atoms with Gasteiger partial charge in [0.1, 0.15) is 6.07 Å². The number of halogens is 2. The third kappa shape index (κ3) is 3.05. The summed E-state index contributed by atoms with van der Waals surface area (Å²) in [4.78, 5) is 2.26. The highest BCUT2D eigenvalue weighted by molar-refractivity contribution is 6.42. The maximum Gasteiger partial charge on any atom is 0.191 e. The molecule has 1 heterocycles. The minimum Gasteiger partial charge on any atom is -0.399 e. The van der Waals surface area contributed by atoms with Crippen LogP contribution in [-0.4, -0.2) is 24.5 Å². The molecule has 7 heteroatoms. The van der Waals surface area contributed by atoms with E-state index in [1.807, 2.05) is 6.08 Å². The highest BCUT2D eigenvalue weighted by Gasteiger charge is 2.54. The van der Waals surface area contributed by atoms with Crippen molar-refractivity contribution in [1.82, 2.24) is 4.90 Å². The van der Waals surface area contributed by atoms with Crippen LogP contribution in [0.5, 0.6) is 0 Å². The van der Waals surface area contributed by atoms with E-state index in [1.54, 1.807) is 18.2 Å². The van der Waals surface area contributed by atoms with Gasteiger partial charge in [0.25, 0.3) is 0 Å². The molecule has 0 aromatic heterocycles. The van der Waals surface area contributed by atoms with Crippen molar-refractivity contribution in [3.8, 4) is 18.2 Å². The molecule has 0 saturated heterocycles. The van der Waals surface area contributed by atoms with Crippen molar-refractivity contribution in [3.05, 3.63) is 56.7 Å². The predicted molar refractivity (Wildman–Crippen MR) is 108 cm³/mol. The number of nitrogens with two attached hydrogens (primary N) is 1. The number of benzene rings is 1. The molecule has 1 aliphatic heterocycles. The molecule has 0 amide bonds. The first-order chi connectivity index (χ1) is 13.4. The summed E-state index contributed by atoms with van der Waals surface area (Å²) in [5.74, 6) is -0.779. The molecule has 2 N–H and O–H groups in total. The normalized spacial score (nSPS) is 23.8. The lowest BCUT2D eigenvalue weighted by atomic mass is 9.58. The minimum absolute atomic E-state index is 0.0162. The Kier molecular flexibility index (Phi) is 5.69. The predicted octanol–water partition coefficient (Wildman–Crippen LogP) is 4.13. The van der Waals surface area contributed by atoms with Crippen molar-refractivity contribution in [2.75, 3.05) is 19.6 Å². The third-order valence-electron chi connectivity index (χ3n) is 5.58. The van der Waals surface area contributed by atoms with E-state index in [4.69, 9.17) is 28.9 Å². The molecular weight excluding hydrogens is 393 g/mol. The highest BCUT2D eigenvalue weighted by atomic mass is 35.5. The van der Waals surface area contributed by atoms with Gasteiger partial charge in [0.2, 0.25) is 0 Å². The fraction of sp³-hybridized carbons (Fsp3) is 0.381. The van der Waals surface area contributed by atoms with E-state index in [9.17, 15) is 15.8 Å². The van der Waals surface area contributed by atoms with Crippen molar-refractivity contribution >= 4 is 23.2 Å². The van der Waals surface area contributed by atoms with Crippen LogP contribution in [0.1, 0.15) is 24.8 Å². The van der Waals surface area contributed by atoms with Crippen LogP contribution in [-0.2, 0) is 0 Å². The van der Waals surface area contributed by atoms with Crippen LogP contribution in [0.2, 0.25) is 10.0 Å². The molecule has 2 atom stereocenters. The van der Waals surface area contributed by atoms with Gasteiger partial charge in [0, 0.05) is 24.9 Å². The maximum atomic E-state index is 10.1. The Labute approximate surface area is 174 Å². The van der Waals surface area contributed by atoms with E-state index in [-0.39, 0.29) is 17.2 Å². The quantitative estimate of drug-likeness (QED) is 0.805. The van der Waals surface area contributed by atoms with Gasteiger partial charge in [-0.05, 0) is 36.2 Å². The zero-order valence-electron chi connectivity index (χ0n) is 15.4. The molecule has 0 spiro atoms. The van der Waals surface area contributed by atoms with Crippen LogP contribution in [0.25, 0.3) is 0 Å². The van der Waals surface area contributed by atoms with E-state index in [2.05, 4.69) is 30.0 Å². The van der Waals surface area contributed by atoms with Crippen molar-refractivity contribution in [1.29, 1.82) is 15.8 Å². The van der Waals surface area contributed by atoms with Gasteiger partial charge in [-0.15, -0.1) is 0 Å². The summed E-state index contributed by atoms with van der Waals surface area (Å²) in [7, 11) is 0. The molecule has 0 fully saturated rings. The van der Waals surface area contributed by atoms with Gasteiger partial charge < -0.3 is 5.73 Å². The topological polar surface area (TPSA) is 101 Å². The fourth-order valence-electron chi connectivity index (χ4n) is 4.32. The standard InChI is InChI=1S/C21H19Cl2N5/c1-2-6-28-7-5-14-15(9-24)20(27)21(11-25,12-26)19(16(14)10-28)13-3-4-17(22)18(23)8-13/h3-5,8,16,19H,2,6-7,10,27H2,1H3/t16-,19-/m0/s1. The largest absolute Gasteiger partial charge is 0.399 e. The summed E-state index contributed by atoms with van der Waals surface area (Å²) < 4.78 is 0. The lowest BCUT2D eigenvalue weighted by Crippen LogP contribution is -2.48. The van der Waals surface area contributed by atoms with Gasteiger partial charge >= 0.3 is 0 Å². The number of nitrogens with zero attached hydrogens (tertiary/aromatic N) is 4. The van der Waals surface area contributed by atoms with E-state index in [0.717, 1.165) is 18.5 Å². The second-order valence-corrected chi connectivity index (χ2v) is 7.92. The van der Waals surface area contributed by atoms with Crippen LogP contribution >= 0.6 is 23.2 Å². The number of hydrogen-bond acceptors (Lipinski definition) is 5. The van der Waals surface area contributed by atoms with Gasteiger partial charge in [0.05, 0.1) is 33.5 Å². The number of nitriles is 3. The van der Waals surface area contributed by atoms with Gasteiger partial charge in [-0.1, -0.05) is 42.3 Å². The lowest BCUT2D eigenvalue weighted by Gasteiger charge is -2.45. The Hall–Kier alpha value is -2.49. The van der Waals surface area contributed by atoms with Crippen LogP contribution in [0, 0.1) is 45.3 Å². The number of hydrogen-bond donors (Lipinski definition) is 1. The van der Waals surface area contributed by atoms with Crippen LogP contribution in [0.3, 0.4) is 0 Å². The average Bonchev–Trinajstić information content (AvgIpc) is 2.70. The Balaban J connectivity index is 2.28. The van der Waals surface area contributed by atoms with Gasteiger partial charge in [0.15, 0.2) is 5.41 Å². The monoisotopic (exact) mass is 411 g/mol. The molecule has 3 rings (SSSR count). The molecule has 0 unspecified atom stereocenters. The summed E-state index contributed by atoms with van der Waals surface area (Å²) in [5, 5.41) is 30.6. The molecule has 5 nitrogen and oxygen atoms in total. The second-order valence-electron chi connectivity index (χ2n) is 7.11. The zero-order valence-corrected chi connectivity index (χ0v) is 16.9. The van der Waals surface area contributed by atoms with Gasteiger partial charge in [-0.3, -0.25) is 4.90 Å². The smallest absolute Gasteiger partial charge is 0.191 e.